The van der Waals surface area contributed by atoms with Gasteiger partial charge in [-0.2, -0.15) is 0 Å². The summed E-state index contributed by atoms with van der Waals surface area (Å²) in [5.74, 6) is 0.629. The third-order valence-electron chi connectivity index (χ3n) is 2.82. The molecule has 0 aliphatic heterocycles. The van der Waals surface area contributed by atoms with Gasteiger partial charge in [-0.3, -0.25) is 4.79 Å². The molecule has 0 bridgehead atoms. The first-order valence-electron chi connectivity index (χ1n) is 5.66. The van der Waals surface area contributed by atoms with E-state index in [1.54, 1.807) is 16.6 Å². The highest BCUT2D eigenvalue weighted by Crippen LogP contribution is 2.17. The largest absolute Gasteiger partial charge is 0.296 e. The summed E-state index contributed by atoms with van der Waals surface area (Å²) >= 11 is 0. The molecule has 2 heterocycles. The molecule has 1 aromatic carbocycles. The Labute approximate surface area is 104 Å². The van der Waals surface area contributed by atoms with Gasteiger partial charge in [-0.15, -0.1) is 5.10 Å². The van der Waals surface area contributed by atoms with Crippen molar-refractivity contribution in [2.75, 3.05) is 0 Å². The van der Waals surface area contributed by atoms with Crippen LogP contribution in [0, 0.1) is 6.92 Å². The summed E-state index contributed by atoms with van der Waals surface area (Å²) in [6.07, 6.45) is 0.778. The van der Waals surface area contributed by atoms with E-state index in [0.717, 1.165) is 11.8 Å². The SMILES string of the molecule is Cc1ccc(-c2nc3cccc(C=O)n3n2)cc1. The van der Waals surface area contributed by atoms with Crippen molar-refractivity contribution in [3.63, 3.8) is 0 Å². The molecule has 0 spiro atoms. The van der Waals surface area contributed by atoms with Gasteiger partial charge in [0.25, 0.3) is 0 Å². The molecule has 0 radical (unpaired) electrons. The first-order chi connectivity index (χ1) is 8.78. The lowest BCUT2D eigenvalue weighted by molar-refractivity contribution is 0.111. The second kappa shape index (κ2) is 4.07. The number of carbonyl (C=O) groups is 1. The number of hydrogen-bond acceptors (Lipinski definition) is 3. The normalized spacial score (nSPS) is 10.7. The predicted molar refractivity (Wildman–Crippen MR) is 68.5 cm³/mol. The van der Waals surface area contributed by atoms with E-state index in [2.05, 4.69) is 10.1 Å². The maximum absolute atomic E-state index is 10.9. The first-order valence-corrected chi connectivity index (χ1v) is 5.66. The molecule has 3 aromatic rings. The average Bonchev–Trinajstić information content (AvgIpc) is 2.83. The fraction of sp³-hybridized carbons (Fsp3) is 0.0714. The van der Waals surface area contributed by atoms with E-state index >= 15 is 0 Å². The molecule has 4 heteroatoms. The molecule has 0 fully saturated rings. The monoisotopic (exact) mass is 237 g/mol. The van der Waals surface area contributed by atoms with E-state index in [9.17, 15) is 4.79 Å². The molecule has 0 amide bonds. The maximum Gasteiger partial charge on any atom is 0.182 e. The van der Waals surface area contributed by atoms with Gasteiger partial charge in [0.2, 0.25) is 0 Å². The van der Waals surface area contributed by atoms with Crippen molar-refractivity contribution in [1.82, 2.24) is 14.6 Å². The van der Waals surface area contributed by atoms with Crippen molar-refractivity contribution in [3.05, 3.63) is 53.7 Å². The van der Waals surface area contributed by atoms with Gasteiger partial charge in [-0.05, 0) is 19.1 Å². The van der Waals surface area contributed by atoms with Crippen LogP contribution in [0.4, 0.5) is 0 Å². The average molecular weight is 237 g/mol. The molecule has 0 unspecified atom stereocenters. The number of carbonyl (C=O) groups excluding carboxylic acids is 1. The number of nitrogens with zero attached hydrogens (tertiary/aromatic N) is 3. The number of aryl methyl sites for hydroxylation is 1. The van der Waals surface area contributed by atoms with Gasteiger partial charge >= 0.3 is 0 Å². The molecular formula is C14H11N3O. The molecule has 2 aromatic heterocycles. The fourth-order valence-electron chi connectivity index (χ4n) is 1.84. The van der Waals surface area contributed by atoms with Crippen LogP contribution in [0.2, 0.25) is 0 Å². The number of aromatic nitrogens is 3. The standard InChI is InChI=1S/C14H11N3O/c1-10-5-7-11(8-6-10)14-15-13-4-2-3-12(9-18)17(13)16-14/h2-9H,1H3. The summed E-state index contributed by atoms with van der Waals surface area (Å²) in [5.41, 5.74) is 3.31. The van der Waals surface area contributed by atoms with E-state index in [0.29, 0.717) is 17.2 Å². The number of hydrogen-bond donors (Lipinski definition) is 0. The Morgan fingerprint density at radius 3 is 2.61 bits per heavy atom. The van der Waals surface area contributed by atoms with Crippen molar-refractivity contribution in [1.29, 1.82) is 0 Å². The lowest BCUT2D eigenvalue weighted by Crippen LogP contribution is -1.96. The summed E-state index contributed by atoms with van der Waals surface area (Å²) in [6.45, 7) is 2.03. The second-order valence-electron chi connectivity index (χ2n) is 4.14. The Kier molecular flexibility index (Phi) is 2.41. The molecule has 0 atom stereocenters. The molecule has 4 nitrogen and oxygen atoms in total. The molecule has 0 saturated carbocycles. The number of rotatable bonds is 2. The van der Waals surface area contributed by atoms with E-state index in [4.69, 9.17) is 0 Å². The van der Waals surface area contributed by atoms with Crippen LogP contribution in [0.5, 0.6) is 0 Å². The first kappa shape index (κ1) is 10.7. The van der Waals surface area contributed by atoms with Crippen molar-refractivity contribution in [2.45, 2.75) is 6.92 Å². The molecular weight excluding hydrogens is 226 g/mol. The predicted octanol–water partition coefficient (Wildman–Crippen LogP) is 2.52. The number of aldehydes is 1. The lowest BCUT2D eigenvalue weighted by atomic mass is 10.1. The van der Waals surface area contributed by atoms with Crippen molar-refractivity contribution < 1.29 is 4.79 Å². The van der Waals surface area contributed by atoms with Crippen LogP contribution in [-0.4, -0.2) is 20.9 Å². The van der Waals surface area contributed by atoms with Gasteiger partial charge in [0.15, 0.2) is 17.8 Å². The Morgan fingerprint density at radius 2 is 1.89 bits per heavy atom. The third-order valence-corrected chi connectivity index (χ3v) is 2.82. The third kappa shape index (κ3) is 1.68. The van der Waals surface area contributed by atoms with E-state index in [1.807, 2.05) is 37.3 Å². The summed E-state index contributed by atoms with van der Waals surface area (Å²) in [6, 6.07) is 13.3. The Hall–Kier alpha value is -2.49. The van der Waals surface area contributed by atoms with E-state index in [-0.39, 0.29) is 0 Å². The zero-order valence-electron chi connectivity index (χ0n) is 9.87. The summed E-state index contributed by atoms with van der Waals surface area (Å²) in [7, 11) is 0. The summed E-state index contributed by atoms with van der Waals surface area (Å²) in [4.78, 5) is 15.3. The van der Waals surface area contributed by atoms with Gasteiger partial charge in [-0.25, -0.2) is 9.50 Å². The number of pyridine rings is 1. The maximum atomic E-state index is 10.9. The summed E-state index contributed by atoms with van der Waals surface area (Å²) in [5, 5.41) is 4.36. The molecule has 0 saturated heterocycles. The van der Waals surface area contributed by atoms with Crippen LogP contribution in [0.25, 0.3) is 17.0 Å². The van der Waals surface area contributed by atoms with E-state index < -0.39 is 0 Å². The highest BCUT2D eigenvalue weighted by atomic mass is 16.1. The molecule has 0 aliphatic carbocycles. The second-order valence-corrected chi connectivity index (χ2v) is 4.14. The molecule has 0 N–H and O–H groups in total. The molecule has 88 valence electrons. The van der Waals surface area contributed by atoms with Gasteiger partial charge in [0, 0.05) is 5.56 Å². The molecule has 3 rings (SSSR count). The zero-order chi connectivity index (χ0) is 12.5. The van der Waals surface area contributed by atoms with Gasteiger partial charge in [0.1, 0.15) is 5.69 Å². The minimum absolute atomic E-state index is 0.498. The van der Waals surface area contributed by atoms with Crippen LogP contribution in [0.1, 0.15) is 16.1 Å². The van der Waals surface area contributed by atoms with Crippen molar-refractivity contribution >= 4 is 11.9 Å². The van der Waals surface area contributed by atoms with Gasteiger partial charge in [-0.1, -0.05) is 35.9 Å². The molecule has 0 aliphatic rings. The number of fused-ring (bicyclic) bond motifs is 1. The topological polar surface area (TPSA) is 47.3 Å². The Balaban J connectivity index is 2.19. The van der Waals surface area contributed by atoms with Gasteiger partial charge < -0.3 is 0 Å². The van der Waals surface area contributed by atoms with Crippen LogP contribution < -0.4 is 0 Å². The highest BCUT2D eigenvalue weighted by Gasteiger charge is 2.08. The Bertz CT molecular complexity index is 713. The fourth-order valence-corrected chi connectivity index (χ4v) is 1.84. The Morgan fingerprint density at radius 1 is 1.11 bits per heavy atom. The zero-order valence-corrected chi connectivity index (χ0v) is 9.87. The van der Waals surface area contributed by atoms with Crippen molar-refractivity contribution in [3.8, 4) is 11.4 Å². The van der Waals surface area contributed by atoms with Gasteiger partial charge in [0.05, 0.1) is 0 Å². The quantitative estimate of drug-likeness (QED) is 0.643. The van der Waals surface area contributed by atoms with E-state index in [1.165, 1.54) is 5.56 Å². The highest BCUT2D eigenvalue weighted by molar-refractivity contribution is 5.74. The number of benzene rings is 1. The van der Waals surface area contributed by atoms with Crippen LogP contribution >= 0.6 is 0 Å². The van der Waals surface area contributed by atoms with Crippen LogP contribution in [0.3, 0.4) is 0 Å². The minimum atomic E-state index is 0.498. The summed E-state index contributed by atoms with van der Waals surface area (Å²) < 4.78 is 1.56. The van der Waals surface area contributed by atoms with Crippen LogP contribution in [-0.2, 0) is 0 Å². The van der Waals surface area contributed by atoms with Crippen molar-refractivity contribution in [2.24, 2.45) is 0 Å². The lowest BCUT2D eigenvalue weighted by Gasteiger charge is -1.95. The minimum Gasteiger partial charge on any atom is -0.296 e. The smallest absolute Gasteiger partial charge is 0.182 e. The van der Waals surface area contributed by atoms with Crippen LogP contribution in [0.15, 0.2) is 42.5 Å². The molecule has 18 heavy (non-hydrogen) atoms.